The van der Waals surface area contributed by atoms with Crippen LogP contribution in [0.25, 0.3) is 11.0 Å². The van der Waals surface area contributed by atoms with Crippen LogP contribution in [0, 0.1) is 13.8 Å². The maximum atomic E-state index is 10.4. The fourth-order valence-electron chi connectivity index (χ4n) is 2.28. The lowest BCUT2D eigenvalue weighted by Gasteiger charge is -2.10. The first-order valence-electron chi connectivity index (χ1n) is 6.25. The van der Waals surface area contributed by atoms with E-state index in [1.807, 2.05) is 50.2 Å². The summed E-state index contributed by atoms with van der Waals surface area (Å²) >= 11 is 0. The van der Waals surface area contributed by atoms with Crippen molar-refractivity contribution in [1.82, 2.24) is 4.98 Å². The molecule has 0 aliphatic rings. The lowest BCUT2D eigenvalue weighted by molar-refractivity contribution is 0.187. The van der Waals surface area contributed by atoms with Gasteiger partial charge < -0.3 is 9.52 Å². The molecule has 0 saturated carbocycles. The first kappa shape index (κ1) is 11.9. The first-order valence-corrected chi connectivity index (χ1v) is 6.25. The van der Waals surface area contributed by atoms with Crippen molar-refractivity contribution in [2.45, 2.75) is 20.0 Å². The number of aromatic nitrogens is 1. The van der Waals surface area contributed by atoms with Crippen molar-refractivity contribution >= 4 is 11.0 Å². The summed E-state index contributed by atoms with van der Waals surface area (Å²) in [6.07, 6.45) is 0.932. The van der Waals surface area contributed by atoms with Gasteiger partial charge in [0.1, 0.15) is 11.3 Å². The summed E-state index contributed by atoms with van der Waals surface area (Å²) in [7, 11) is 0. The molecule has 1 aromatic carbocycles. The van der Waals surface area contributed by atoms with Crippen molar-refractivity contribution in [3.63, 3.8) is 0 Å². The number of para-hydroxylation sites is 1. The molecule has 1 unspecified atom stereocenters. The number of fused-ring (bicyclic) bond motifs is 1. The van der Waals surface area contributed by atoms with Crippen molar-refractivity contribution in [1.29, 1.82) is 0 Å². The summed E-state index contributed by atoms with van der Waals surface area (Å²) in [6.45, 7) is 3.93. The molecule has 2 heterocycles. The second-order valence-corrected chi connectivity index (χ2v) is 4.80. The minimum atomic E-state index is -0.826. The van der Waals surface area contributed by atoms with Gasteiger partial charge >= 0.3 is 0 Å². The fraction of sp³-hybridized carbons (Fsp3) is 0.188. The maximum absolute atomic E-state index is 10.4. The Bertz CT molecular complexity index is 697. The van der Waals surface area contributed by atoms with Crippen LogP contribution in [0.1, 0.15) is 28.7 Å². The Morgan fingerprint density at radius 2 is 1.95 bits per heavy atom. The third-order valence-corrected chi connectivity index (χ3v) is 3.23. The quantitative estimate of drug-likeness (QED) is 0.760. The van der Waals surface area contributed by atoms with E-state index in [1.165, 1.54) is 0 Å². The largest absolute Gasteiger partial charge is 0.458 e. The molecule has 2 aromatic heterocycles. The van der Waals surface area contributed by atoms with Gasteiger partial charge in [-0.05, 0) is 37.1 Å². The number of furan rings is 1. The first-order chi connectivity index (χ1) is 9.15. The zero-order valence-corrected chi connectivity index (χ0v) is 10.9. The van der Waals surface area contributed by atoms with Gasteiger partial charge in [-0.1, -0.05) is 24.3 Å². The van der Waals surface area contributed by atoms with Gasteiger partial charge in [-0.15, -0.1) is 0 Å². The van der Waals surface area contributed by atoms with E-state index in [1.54, 1.807) is 6.20 Å². The Kier molecular flexibility index (Phi) is 2.84. The molecule has 0 radical (unpaired) electrons. The van der Waals surface area contributed by atoms with Crippen molar-refractivity contribution in [3.8, 4) is 0 Å². The Balaban J connectivity index is 2.05. The van der Waals surface area contributed by atoms with E-state index in [0.29, 0.717) is 11.5 Å². The second-order valence-electron chi connectivity index (χ2n) is 4.80. The monoisotopic (exact) mass is 253 g/mol. The molecule has 0 aliphatic carbocycles. The van der Waals surface area contributed by atoms with Crippen molar-refractivity contribution in [2.24, 2.45) is 0 Å². The minimum absolute atomic E-state index is 0.528. The number of aliphatic hydroxyl groups is 1. The lowest BCUT2D eigenvalue weighted by atomic mass is 10.1. The Labute approximate surface area is 111 Å². The molecule has 0 fully saturated rings. The molecule has 3 aromatic rings. The van der Waals surface area contributed by atoms with Gasteiger partial charge in [0.25, 0.3) is 0 Å². The second kappa shape index (κ2) is 4.52. The zero-order valence-electron chi connectivity index (χ0n) is 10.9. The third kappa shape index (κ3) is 2.13. The maximum Gasteiger partial charge on any atom is 0.154 e. The summed E-state index contributed by atoms with van der Waals surface area (Å²) in [6, 6.07) is 11.6. The van der Waals surface area contributed by atoms with Crippen LogP contribution in [-0.2, 0) is 0 Å². The van der Waals surface area contributed by atoms with E-state index >= 15 is 0 Å². The zero-order chi connectivity index (χ0) is 13.4. The van der Waals surface area contributed by atoms with E-state index < -0.39 is 6.10 Å². The van der Waals surface area contributed by atoms with Crippen LogP contribution < -0.4 is 0 Å². The van der Waals surface area contributed by atoms with E-state index in [4.69, 9.17) is 4.42 Å². The van der Waals surface area contributed by atoms with E-state index in [0.717, 1.165) is 22.1 Å². The highest BCUT2D eigenvalue weighted by molar-refractivity contribution is 5.77. The minimum Gasteiger partial charge on any atom is -0.458 e. The number of nitrogens with zero attached hydrogens (tertiary/aromatic N) is 1. The van der Waals surface area contributed by atoms with Gasteiger partial charge in [-0.25, -0.2) is 0 Å². The summed E-state index contributed by atoms with van der Waals surface area (Å²) in [5, 5.41) is 11.4. The molecule has 0 spiro atoms. The number of aryl methyl sites for hydroxylation is 2. The molecule has 3 nitrogen and oxygen atoms in total. The highest BCUT2D eigenvalue weighted by Gasteiger charge is 2.18. The van der Waals surface area contributed by atoms with Crippen LogP contribution in [0.4, 0.5) is 0 Å². The molecule has 3 rings (SSSR count). The van der Waals surface area contributed by atoms with Crippen LogP contribution in [0.3, 0.4) is 0 Å². The van der Waals surface area contributed by atoms with Gasteiger partial charge in [0, 0.05) is 11.6 Å². The average molecular weight is 253 g/mol. The summed E-state index contributed by atoms with van der Waals surface area (Å²) < 4.78 is 5.68. The molecule has 96 valence electrons. The van der Waals surface area contributed by atoms with E-state index in [2.05, 4.69) is 4.98 Å². The van der Waals surface area contributed by atoms with Crippen LogP contribution in [-0.4, -0.2) is 10.1 Å². The van der Waals surface area contributed by atoms with Gasteiger partial charge in [0.05, 0.1) is 5.69 Å². The molecule has 0 bridgehead atoms. The summed E-state index contributed by atoms with van der Waals surface area (Å²) in [5.74, 6) is 0.528. The van der Waals surface area contributed by atoms with Crippen molar-refractivity contribution < 1.29 is 9.52 Å². The summed E-state index contributed by atoms with van der Waals surface area (Å²) in [5.41, 5.74) is 3.47. The number of pyridine rings is 1. The standard InChI is InChI=1S/C16H15NO2/c1-10-7-11(2)15(17-9-10)16(18)14-8-12-5-3-4-6-13(12)19-14/h3-9,16,18H,1-2H3. The number of benzene rings is 1. The SMILES string of the molecule is Cc1cnc(C(O)c2cc3ccccc3o2)c(C)c1. The third-order valence-electron chi connectivity index (χ3n) is 3.23. The predicted molar refractivity (Wildman–Crippen MR) is 74.0 cm³/mol. The molecule has 1 atom stereocenters. The molecular weight excluding hydrogens is 238 g/mol. The van der Waals surface area contributed by atoms with Crippen LogP contribution in [0.15, 0.2) is 47.0 Å². The predicted octanol–water partition coefficient (Wildman–Crippen LogP) is 3.53. The Morgan fingerprint density at radius 1 is 1.16 bits per heavy atom. The number of aliphatic hydroxyl groups excluding tert-OH is 1. The molecule has 0 amide bonds. The molecule has 0 saturated heterocycles. The summed E-state index contributed by atoms with van der Waals surface area (Å²) in [4.78, 5) is 4.31. The van der Waals surface area contributed by atoms with Crippen LogP contribution in [0.5, 0.6) is 0 Å². The lowest BCUT2D eigenvalue weighted by Crippen LogP contribution is -2.04. The molecular formula is C16H15NO2. The average Bonchev–Trinajstić information content (AvgIpc) is 2.81. The fourth-order valence-corrected chi connectivity index (χ4v) is 2.28. The molecule has 19 heavy (non-hydrogen) atoms. The van der Waals surface area contributed by atoms with Crippen LogP contribution >= 0.6 is 0 Å². The van der Waals surface area contributed by atoms with E-state index in [9.17, 15) is 5.11 Å². The number of hydrogen-bond acceptors (Lipinski definition) is 3. The smallest absolute Gasteiger partial charge is 0.154 e. The van der Waals surface area contributed by atoms with Gasteiger partial charge in [0.15, 0.2) is 6.10 Å². The number of hydrogen-bond donors (Lipinski definition) is 1. The Hall–Kier alpha value is -2.13. The van der Waals surface area contributed by atoms with Gasteiger partial charge in [-0.3, -0.25) is 4.98 Å². The van der Waals surface area contributed by atoms with Crippen molar-refractivity contribution in [2.75, 3.05) is 0 Å². The van der Waals surface area contributed by atoms with E-state index in [-0.39, 0.29) is 0 Å². The van der Waals surface area contributed by atoms with Crippen LogP contribution in [0.2, 0.25) is 0 Å². The number of rotatable bonds is 2. The van der Waals surface area contributed by atoms with Gasteiger partial charge in [0.2, 0.25) is 0 Å². The molecule has 3 heteroatoms. The topological polar surface area (TPSA) is 46.3 Å². The van der Waals surface area contributed by atoms with Crippen molar-refractivity contribution in [3.05, 3.63) is 65.2 Å². The van der Waals surface area contributed by atoms with Gasteiger partial charge in [-0.2, -0.15) is 0 Å². The normalized spacial score (nSPS) is 12.8. The Morgan fingerprint density at radius 3 is 2.68 bits per heavy atom. The molecule has 1 N–H and O–H groups in total. The highest BCUT2D eigenvalue weighted by Crippen LogP contribution is 2.28. The molecule has 0 aliphatic heterocycles. The highest BCUT2D eigenvalue weighted by atomic mass is 16.4.